The van der Waals surface area contributed by atoms with E-state index in [4.69, 9.17) is 0 Å². The van der Waals surface area contributed by atoms with Gasteiger partial charge in [-0.05, 0) is 36.8 Å². The van der Waals surface area contributed by atoms with Crippen molar-refractivity contribution in [2.24, 2.45) is 0 Å². The smallest absolute Gasteiger partial charge is 0.295 e. The predicted molar refractivity (Wildman–Crippen MR) is 81.9 cm³/mol. The molecule has 2 aromatic carbocycles. The zero-order chi connectivity index (χ0) is 18.0. The highest BCUT2D eigenvalue weighted by molar-refractivity contribution is 7.89. The Labute approximate surface area is 137 Å². The molecular formula is C16H14F3NO3S. The number of alkyl halides is 3. The lowest BCUT2D eigenvalue weighted by Crippen LogP contribution is -2.23. The van der Waals surface area contributed by atoms with Crippen molar-refractivity contribution in [3.05, 3.63) is 65.2 Å². The molecule has 0 fully saturated rings. The van der Waals surface area contributed by atoms with Gasteiger partial charge in [-0.2, -0.15) is 13.2 Å². The van der Waals surface area contributed by atoms with Crippen molar-refractivity contribution in [2.75, 3.05) is 0 Å². The molecular weight excluding hydrogens is 343 g/mol. The number of hydrogen-bond acceptors (Lipinski definition) is 3. The number of carbonyl (C=O) groups excluding carboxylic acids is 1. The van der Waals surface area contributed by atoms with E-state index in [-0.39, 0.29) is 17.2 Å². The van der Waals surface area contributed by atoms with E-state index >= 15 is 0 Å². The van der Waals surface area contributed by atoms with Crippen LogP contribution in [-0.4, -0.2) is 14.2 Å². The number of sulfonamides is 1. The largest absolute Gasteiger partial charge is 0.416 e. The summed E-state index contributed by atoms with van der Waals surface area (Å²) in [5.41, 5.74) is -0.0162. The first-order valence-electron chi connectivity index (χ1n) is 6.86. The van der Waals surface area contributed by atoms with Gasteiger partial charge < -0.3 is 0 Å². The highest BCUT2D eigenvalue weighted by atomic mass is 32.2. The topological polar surface area (TPSA) is 63.2 Å². The molecule has 0 saturated carbocycles. The van der Waals surface area contributed by atoms with Crippen molar-refractivity contribution in [1.82, 2.24) is 4.72 Å². The van der Waals surface area contributed by atoms with Gasteiger partial charge in [0.25, 0.3) is 0 Å². The number of hydrogen-bond donors (Lipinski definition) is 1. The number of rotatable bonds is 5. The third-order valence-corrected chi connectivity index (χ3v) is 4.74. The molecule has 0 aromatic heterocycles. The van der Waals surface area contributed by atoms with Crippen LogP contribution >= 0.6 is 0 Å². The summed E-state index contributed by atoms with van der Waals surface area (Å²) in [6.07, 6.45) is -4.43. The number of nitrogens with one attached hydrogen (secondary N) is 1. The fraction of sp³-hybridized carbons (Fsp3) is 0.188. The predicted octanol–water partition coefficient (Wildman–Crippen LogP) is 3.39. The van der Waals surface area contributed by atoms with Gasteiger partial charge in [0.2, 0.25) is 10.0 Å². The molecule has 0 aliphatic heterocycles. The highest BCUT2D eigenvalue weighted by Crippen LogP contribution is 2.29. The van der Waals surface area contributed by atoms with Crippen LogP contribution in [0.2, 0.25) is 0 Å². The lowest BCUT2D eigenvalue weighted by atomic mass is 10.1. The lowest BCUT2D eigenvalue weighted by molar-refractivity contribution is -0.137. The van der Waals surface area contributed by atoms with Crippen molar-refractivity contribution in [1.29, 1.82) is 0 Å². The lowest BCUT2D eigenvalue weighted by Gasteiger charge is -2.09. The second-order valence-electron chi connectivity index (χ2n) is 5.10. The first kappa shape index (κ1) is 18.2. The fourth-order valence-corrected chi connectivity index (χ4v) is 2.96. The maximum atomic E-state index is 12.5. The van der Waals surface area contributed by atoms with Crippen molar-refractivity contribution >= 4 is 15.8 Å². The minimum atomic E-state index is -4.43. The van der Waals surface area contributed by atoms with Crippen molar-refractivity contribution in [3.63, 3.8) is 0 Å². The normalized spacial score (nSPS) is 12.2. The van der Waals surface area contributed by atoms with Gasteiger partial charge in [0.05, 0.1) is 10.5 Å². The van der Waals surface area contributed by atoms with E-state index in [0.29, 0.717) is 11.1 Å². The molecule has 0 saturated heterocycles. The first-order valence-corrected chi connectivity index (χ1v) is 8.35. The van der Waals surface area contributed by atoms with Gasteiger partial charge in [0, 0.05) is 12.1 Å². The summed E-state index contributed by atoms with van der Waals surface area (Å²) >= 11 is 0. The number of benzene rings is 2. The molecule has 128 valence electrons. The first-order chi connectivity index (χ1) is 11.1. The van der Waals surface area contributed by atoms with Gasteiger partial charge in [-0.1, -0.05) is 24.3 Å². The fourth-order valence-electron chi connectivity index (χ4n) is 1.94. The molecule has 0 heterocycles. The standard InChI is InChI=1S/C16H14F3NO3S/c1-11(21)13-4-8-15(9-5-13)24(22,23)20-10-12-2-6-14(7-3-12)16(17,18)19/h2-9,20H,10H2,1H3. The molecule has 2 aromatic rings. The van der Waals surface area contributed by atoms with E-state index in [1.54, 1.807) is 0 Å². The molecule has 0 bridgehead atoms. The summed E-state index contributed by atoms with van der Waals surface area (Å²) in [7, 11) is -3.82. The van der Waals surface area contributed by atoms with Gasteiger partial charge in [0.15, 0.2) is 5.78 Å². The third kappa shape index (κ3) is 4.42. The molecule has 0 atom stereocenters. The average molecular weight is 357 g/mol. The second-order valence-corrected chi connectivity index (χ2v) is 6.87. The number of Topliss-reactive ketones (excluding diaryl/α,β-unsaturated/α-hetero) is 1. The van der Waals surface area contributed by atoms with Crippen LogP contribution < -0.4 is 4.72 Å². The van der Waals surface area contributed by atoms with Crippen LogP contribution in [0, 0.1) is 0 Å². The van der Waals surface area contributed by atoms with E-state index in [1.165, 1.54) is 43.3 Å². The molecule has 0 amide bonds. The van der Waals surface area contributed by atoms with Crippen LogP contribution in [0.15, 0.2) is 53.4 Å². The molecule has 0 spiro atoms. The van der Waals surface area contributed by atoms with Crippen LogP contribution in [0.1, 0.15) is 28.4 Å². The number of carbonyl (C=O) groups is 1. The van der Waals surface area contributed by atoms with Crippen LogP contribution in [0.3, 0.4) is 0 Å². The zero-order valence-electron chi connectivity index (χ0n) is 12.6. The van der Waals surface area contributed by atoms with Crippen molar-refractivity contribution in [2.45, 2.75) is 24.5 Å². The summed E-state index contributed by atoms with van der Waals surface area (Å²) in [4.78, 5) is 11.1. The molecule has 0 unspecified atom stereocenters. The third-order valence-electron chi connectivity index (χ3n) is 3.32. The Kier molecular flexibility index (Phi) is 5.10. The summed E-state index contributed by atoms with van der Waals surface area (Å²) in [5, 5.41) is 0. The van der Waals surface area contributed by atoms with Gasteiger partial charge in [-0.25, -0.2) is 13.1 Å². The van der Waals surface area contributed by atoms with Crippen LogP contribution in [-0.2, 0) is 22.7 Å². The van der Waals surface area contributed by atoms with Crippen molar-refractivity contribution in [3.8, 4) is 0 Å². The molecule has 0 aliphatic rings. The maximum Gasteiger partial charge on any atom is 0.416 e. The Hall–Kier alpha value is -2.19. The maximum absolute atomic E-state index is 12.5. The molecule has 8 heteroatoms. The van der Waals surface area contributed by atoms with Crippen LogP contribution in [0.25, 0.3) is 0 Å². The minimum Gasteiger partial charge on any atom is -0.295 e. The molecule has 2 rings (SSSR count). The Morgan fingerprint density at radius 1 is 1.00 bits per heavy atom. The van der Waals surface area contributed by atoms with E-state index < -0.39 is 21.8 Å². The van der Waals surface area contributed by atoms with Gasteiger partial charge in [-0.3, -0.25) is 4.79 Å². The van der Waals surface area contributed by atoms with Gasteiger partial charge in [0.1, 0.15) is 0 Å². The van der Waals surface area contributed by atoms with E-state index in [0.717, 1.165) is 12.1 Å². The minimum absolute atomic E-state index is 0.0283. The zero-order valence-corrected chi connectivity index (χ0v) is 13.4. The Bertz CT molecular complexity index is 826. The summed E-state index contributed by atoms with van der Waals surface area (Å²) in [6.45, 7) is 1.22. The quantitative estimate of drug-likeness (QED) is 0.835. The van der Waals surface area contributed by atoms with Gasteiger partial charge in [-0.15, -0.1) is 0 Å². The van der Waals surface area contributed by atoms with E-state index in [2.05, 4.69) is 4.72 Å². The Morgan fingerprint density at radius 2 is 1.54 bits per heavy atom. The average Bonchev–Trinajstić information content (AvgIpc) is 2.52. The second kappa shape index (κ2) is 6.74. The van der Waals surface area contributed by atoms with E-state index in [9.17, 15) is 26.4 Å². The Morgan fingerprint density at radius 3 is 2.00 bits per heavy atom. The summed E-state index contributed by atoms with van der Waals surface area (Å²) in [5.74, 6) is -0.184. The van der Waals surface area contributed by atoms with Crippen molar-refractivity contribution < 1.29 is 26.4 Å². The highest BCUT2D eigenvalue weighted by Gasteiger charge is 2.29. The number of halogens is 3. The van der Waals surface area contributed by atoms with Gasteiger partial charge >= 0.3 is 6.18 Å². The molecule has 4 nitrogen and oxygen atoms in total. The Balaban J connectivity index is 2.08. The molecule has 0 radical (unpaired) electrons. The molecule has 0 aliphatic carbocycles. The van der Waals surface area contributed by atoms with Crippen LogP contribution in [0.5, 0.6) is 0 Å². The monoisotopic (exact) mass is 357 g/mol. The SMILES string of the molecule is CC(=O)c1ccc(S(=O)(=O)NCc2ccc(C(F)(F)F)cc2)cc1. The summed E-state index contributed by atoms with van der Waals surface area (Å²) < 4.78 is 64.0. The summed E-state index contributed by atoms with van der Waals surface area (Å²) in [6, 6.07) is 9.60. The van der Waals surface area contributed by atoms with E-state index in [1.807, 2.05) is 0 Å². The molecule has 24 heavy (non-hydrogen) atoms. The number of ketones is 1. The molecule has 1 N–H and O–H groups in total. The van der Waals surface area contributed by atoms with Crippen LogP contribution in [0.4, 0.5) is 13.2 Å².